The average molecular weight is 564 g/mol. The zero-order valence-electron chi connectivity index (χ0n) is 19.0. The van der Waals surface area contributed by atoms with Gasteiger partial charge >= 0.3 is 11.8 Å². The number of anilines is 1. The molecule has 0 radical (unpaired) electrons. The average Bonchev–Trinajstić information content (AvgIpc) is 2.87. The van der Waals surface area contributed by atoms with Crippen LogP contribution in [0.25, 0.3) is 10.9 Å². The number of ether oxygens (including phenoxy) is 2. The van der Waals surface area contributed by atoms with Gasteiger partial charge in [-0.3, -0.25) is 4.57 Å². The number of aliphatic hydroxyl groups excluding tert-OH is 1. The van der Waals surface area contributed by atoms with Crippen molar-refractivity contribution in [1.82, 2.24) is 14.5 Å². The summed E-state index contributed by atoms with van der Waals surface area (Å²) >= 11 is 9.93. The van der Waals surface area contributed by atoms with Crippen LogP contribution in [0.1, 0.15) is 18.5 Å². The highest BCUT2D eigenvalue weighted by Gasteiger charge is 2.33. The molecular formula is C24H24BrClN4O5. The lowest BCUT2D eigenvalue weighted by atomic mass is 10.1. The summed E-state index contributed by atoms with van der Waals surface area (Å²) in [6.07, 6.45) is -0.378. The van der Waals surface area contributed by atoms with E-state index in [1.54, 1.807) is 11.0 Å². The van der Waals surface area contributed by atoms with Crippen LogP contribution in [0.3, 0.4) is 0 Å². The summed E-state index contributed by atoms with van der Waals surface area (Å²) < 4.78 is 13.4. The highest BCUT2D eigenvalue weighted by Crippen LogP contribution is 2.44. The molecule has 2 aliphatic heterocycles. The highest BCUT2D eigenvalue weighted by atomic mass is 79.9. The molecule has 184 valence electrons. The fraction of sp³-hybridized carbons (Fsp3) is 0.375. The van der Waals surface area contributed by atoms with Crippen LogP contribution < -0.4 is 15.3 Å². The molecule has 1 saturated heterocycles. The molecule has 2 atom stereocenters. The van der Waals surface area contributed by atoms with Crippen molar-refractivity contribution in [3.8, 4) is 5.75 Å². The molecule has 0 bridgehead atoms. The van der Waals surface area contributed by atoms with E-state index < -0.39 is 11.7 Å². The van der Waals surface area contributed by atoms with Crippen molar-refractivity contribution >= 4 is 50.3 Å². The van der Waals surface area contributed by atoms with Crippen molar-refractivity contribution in [1.29, 1.82) is 0 Å². The van der Waals surface area contributed by atoms with Crippen LogP contribution in [-0.4, -0.2) is 64.5 Å². The van der Waals surface area contributed by atoms with Crippen molar-refractivity contribution in [2.75, 3.05) is 37.7 Å². The number of hydrogen-bond acceptors (Lipinski definition) is 7. The van der Waals surface area contributed by atoms with Crippen LogP contribution in [0.2, 0.25) is 5.02 Å². The minimum Gasteiger partial charge on any atom is -0.488 e. The minimum absolute atomic E-state index is 0.137. The van der Waals surface area contributed by atoms with Gasteiger partial charge in [0.05, 0.1) is 22.1 Å². The maximum Gasteiger partial charge on any atom is 0.410 e. The van der Waals surface area contributed by atoms with Gasteiger partial charge in [0, 0.05) is 31.1 Å². The lowest BCUT2D eigenvalue weighted by molar-refractivity contribution is 0.0898. The van der Waals surface area contributed by atoms with Crippen LogP contribution in [0, 0.1) is 0 Å². The summed E-state index contributed by atoms with van der Waals surface area (Å²) in [6.45, 7) is 3.34. The van der Waals surface area contributed by atoms with Crippen LogP contribution >= 0.6 is 27.5 Å². The number of aliphatic hydroxyl groups is 1. The van der Waals surface area contributed by atoms with Gasteiger partial charge in [0.15, 0.2) is 5.75 Å². The molecule has 0 unspecified atom stereocenters. The Balaban J connectivity index is 1.43. The molecule has 0 saturated carbocycles. The highest BCUT2D eigenvalue weighted by molar-refractivity contribution is 9.10. The van der Waals surface area contributed by atoms with Crippen molar-refractivity contribution in [3.05, 3.63) is 61.9 Å². The van der Waals surface area contributed by atoms with E-state index in [1.807, 2.05) is 42.2 Å². The number of carbonyl (C=O) groups is 1. The molecule has 9 nitrogen and oxygen atoms in total. The van der Waals surface area contributed by atoms with E-state index in [0.29, 0.717) is 51.6 Å². The van der Waals surface area contributed by atoms with E-state index in [0.717, 1.165) is 5.56 Å². The normalized spacial score (nSPS) is 19.5. The Labute approximate surface area is 214 Å². The number of amides is 1. The molecule has 0 spiro atoms. The second-order valence-corrected chi connectivity index (χ2v) is 9.86. The topological polar surface area (TPSA) is 97.1 Å². The van der Waals surface area contributed by atoms with Gasteiger partial charge in [-0.15, -0.1) is 0 Å². The van der Waals surface area contributed by atoms with Crippen molar-refractivity contribution in [3.63, 3.8) is 0 Å². The van der Waals surface area contributed by atoms with Crippen LogP contribution in [0.4, 0.5) is 10.6 Å². The second kappa shape index (κ2) is 9.67. The van der Waals surface area contributed by atoms with Gasteiger partial charge in [-0.1, -0.05) is 41.9 Å². The van der Waals surface area contributed by atoms with Gasteiger partial charge in [-0.25, -0.2) is 9.59 Å². The van der Waals surface area contributed by atoms with Gasteiger partial charge < -0.3 is 24.4 Å². The molecule has 1 amide bonds. The standard InChI is InChI=1S/C24H24BrClN4O5/c1-14-10-28(24(33)35-12-15-5-3-2-4-6-15)7-8-29(14)22-17-9-18(26)19(25)21-20(17)30(23(32)27-22)16(11-31)13-34-21/h2-6,9,14,16,31H,7-8,10-13H2,1H3/t14-,16+/m0/s1. The molecule has 5 rings (SSSR count). The molecule has 2 aliphatic rings. The zero-order chi connectivity index (χ0) is 24.7. The van der Waals surface area contributed by atoms with Crippen molar-refractivity contribution < 1.29 is 19.4 Å². The van der Waals surface area contributed by atoms with Crippen LogP contribution in [-0.2, 0) is 11.3 Å². The SMILES string of the molecule is C[C@H]1CN(C(=O)OCc2ccccc2)CCN1c1nc(=O)n2c3c(c(Br)c(Cl)cc13)OC[C@H]2CO. The van der Waals surface area contributed by atoms with E-state index in [-0.39, 0.29) is 32.0 Å². The maximum absolute atomic E-state index is 13.1. The smallest absolute Gasteiger partial charge is 0.410 e. The molecule has 1 N–H and O–H groups in total. The summed E-state index contributed by atoms with van der Waals surface area (Å²) in [4.78, 5) is 33.8. The fourth-order valence-electron chi connectivity index (χ4n) is 4.63. The first-order chi connectivity index (χ1) is 16.9. The lowest BCUT2D eigenvalue weighted by Crippen LogP contribution is -2.54. The van der Waals surface area contributed by atoms with Crippen molar-refractivity contribution in [2.45, 2.75) is 25.6 Å². The number of nitrogens with zero attached hydrogens (tertiary/aromatic N) is 4. The Kier molecular flexibility index (Phi) is 6.61. The summed E-state index contributed by atoms with van der Waals surface area (Å²) in [5.41, 5.74) is 0.994. The predicted molar refractivity (Wildman–Crippen MR) is 135 cm³/mol. The van der Waals surface area contributed by atoms with Gasteiger partial charge in [0.1, 0.15) is 24.5 Å². The molecule has 3 aromatic rings. The van der Waals surface area contributed by atoms with E-state index >= 15 is 0 Å². The molecule has 1 fully saturated rings. The van der Waals surface area contributed by atoms with Gasteiger partial charge in [0.25, 0.3) is 0 Å². The fourth-order valence-corrected chi connectivity index (χ4v) is 5.24. The Bertz CT molecular complexity index is 1340. The van der Waals surface area contributed by atoms with E-state index in [4.69, 9.17) is 21.1 Å². The number of carbonyl (C=O) groups excluding carboxylic acids is 1. The second-order valence-electron chi connectivity index (χ2n) is 8.66. The van der Waals surface area contributed by atoms with Gasteiger partial charge in [-0.05, 0) is 34.5 Å². The third-order valence-electron chi connectivity index (χ3n) is 6.40. The first kappa shape index (κ1) is 23.9. The van der Waals surface area contributed by atoms with Gasteiger partial charge in [-0.2, -0.15) is 4.98 Å². The molecule has 2 aromatic carbocycles. The van der Waals surface area contributed by atoms with Crippen molar-refractivity contribution in [2.24, 2.45) is 0 Å². The minimum atomic E-state index is -0.541. The summed E-state index contributed by atoms with van der Waals surface area (Å²) in [5, 5.41) is 10.9. The first-order valence-corrected chi connectivity index (χ1v) is 12.5. The zero-order valence-corrected chi connectivity index (χ0v) is 21.3. The Morgan fingerprint density at radius 2 is 2.09 bits per heavy atom. The Morgan fingerprint density at radius 3 is 2.80 bits per heavy atom. The van der Waals surface area contributed by atoms with Gasteiger partial charge in [0.2, 0.25) is 0 Å². The number of halogens is 2. The third-order valence-corrected chi connectivity index (χ3v) is 7.71. The number of piperazine rings is 1. The number of hydrogen-bond donors (Lipinski definition) is 1. The lowest BCUT2D eigenvalue weighted by Gasteiger charge is -2.40. The summed E-state index contributed by atoms with van der Waals surface area (Å²) in [5.74, 6) is 0.928. The van der Waals surface area contributed by atoms with E-state index in [1.165, 1.54) is 4.57 Å². The number of benzene rings is 2. The molecule has 3 heterocycles. The number of rotatable bonds is 4. The quantitative estimate of drug-likeness (QED) is 0.518. The van der Waals surface area contributed by atoms with Crippen LogP contribution in [0.5, 0.6) is 5.75 Å². The molecular weight excluding hydrogens is 540 g/mol. The Hall–Kier alpha value is -2.82. The Morgan fingerprint density at radius 1 is 1.31 bits per heavy atom. The largest absolute Gasteiger partial charge is 0.488 e. The summed E-state index contributed by atoms with van der Waals surface area (Å²) in [6, 6.07) is 10.6. The summed E-state index contributed by atoms with van der Waals surface area (Å²) in [7, 11) is 0. The number of aromatic nitrogens is 2. The molecule has 0 aliphatic carbocycles. The van der Waals surface area contributed by atoms with Crippen LogP contribution in [0.15, 0.2) is 45.7 Å². The third kappa shape index (κ3) is 4.34. The predicted octanol–water partition coefficient (Wildman–Crippen LogP) is 3.59. The molecule has 11 heteroatoms. The first-order valence-electron chi connectivity index (χ1n) is 11.3. The molecule has 1 aromatic heterocycles. The molecule has 35 heavy (non-hydrogen) atoms. The maximum atomic E-state index is 13.1. The monoisotopic (exact) mass is 562 g/mol. The van der Waals surface area contributed by atoms with E-state index in [2.05, 4.69) is 20.9 Å². The van der Waals surface area contributed by atoms with E-state index in [9.17, 15) is 14.7 Å².